The number of benzene rings is 1. The number of hydrogen-bond acceptors (Lipinski definition) is 6. The van der Waals surface area contributed by atoms with Gasteiger partial charge in [0.1, 0.15) is 11.8 Å². The second-order valence-electron chi connectivity index (χ2n) is 9.94. The van der Waals surface area contributed by atoms with E-state index in [1.165, 1.54) is 18.4 Å². The summed E-state index contributed by atoms with van der Waals surface area (Å²) in [6, 6.07) is 10.1. The zero-order valence-corrected chi connectivity index (χ0v) is 23.0. The minimum Gasteiger partial charge on any atom is -0.475 e. The van der Waals surface area contributed by atoms with Gasteiger partial charge in [-0.15, -0.1) is 0 Å². The lowest BCUT2D eigenvalue weighted by molar-refractivity contribution is -0.193. The number of nitriles is 1. The maximum Gasteiger partial charge on any atom is 0.490 e. The van der Waals surface area contributed by atoms with Crippen LogP contribution in [0.25, 0.3) is 0 Å². The molecule has 2 fully saturated rings. The van der Waals surface area contributed by atoms with Crippen molar-refractivity contribution in [1.29, 1.82) is 5.26 Å². The highest BCUT2D eigenvalue weighted by atomic mass is 19.4. The number of H-pyrrole nitrogens is 1. The summed E-state index contributed by atoms with van der Waals surface area (Å²) in [5.74, 6) is -4.40. The number of rotatable bonds is 4. The number of piperidine rings is 2. The molecule has 0 atom stereocenters. The third-order valence-electron chi connectivity index (χ3n) is 6.75. The second kappa shape index (κ2) is 15.3. The highest BCUT2D eigenvalue weighted by Gasteiger charge is 2.38. The Labute approximate surface area is 242 Å². The lowest BCUT2D eigenvalue weighted by Crippen LogP contribution is -2.34. The van der Waals surface area contributed by atoms with E-state index in [2.05, 4.69) is 51.7 Å². The minimum atomic E-state index is -5.08. The number of aliphatic carboxylic acids is 2. The summed E-state index contributed by atoms with van der Waals surface area (Å²) < 4.78 is 63.5. The Morgan fingerprint density at radius 1 is 0.953 bits per heavy atom. The zero-order chi connectivity index (χ0) is 32.4. The largest absolute Gasteiger partial charge is 0.490 e. The predicted octanol–water partition coefficient (Wildman–Crippen LogP) is 5.11. The van der Waals surface area contributed by atoms with Crippen LogP contribution >= 0.6 is 0 Å². The molecule has 236 valence electrons. The number of carboxylic acid groups (broad SMARTS) is 2. The fourth-order valence-corrected chi connectivity index (χ4v) is 4.35. The van der Waals surface area contributed by atoms with Gasteiger partial charge < -0.3 is 30.7 Å². The van der Waals surface area contributed by atoms with Gasteiger partial charge in [-0.05, 0) is 74.4 Å². The van der Waals surface area contributed by atoms with Crippen LogP contribution in [-0.2, 0) is 9.59 Å². The van der Waals surface area contributed by atoms with Crippen LogP contribution in [-0.4, -0.2) is 71.6 Å². The summed E-state index contributed by atoms with van der Waals surface area (Å²) in [7, 11) is 0. The van der Waals surface area contributed by atoms with Crippen molar-refractivity contribution in [3.05, 3.63) is 47.3 Å². The normalized spacial score (nSPS) is 16.1. The zero-order valence-electron chi connectivity index (χ0n) is 23.0. The van der Waals surface area contributed by atoms with Gasteiger partial charge >= 0.3 is 24.3 Å². The molecule has 2 aliphatic rings. The van der Waals surface area contributed by atoms with Gasteiger partial charge in [0.25, 0.3) is 5.91 Å². The molecule has 2 aromatic rings. The third-order valence-corrected chi connectivity index (χ3v) is 6.75. The Balaban J connectivity index is 0.000000384. The second-order valence-corrected chi connectivity index (χ2v) is 9.94. The lowest BCUT2D eigenvalue weighted by atomic mass is 9.89. The van der Waals surface area contributed by atoms with Crippen LogP contribution < -0.4 is 15.5 Å². The molecule has 0 aliphatic carbocycles. The van der Waals surface area contributed by atoms with E-state index in [9.17, 15) is 31.1 Å². The van der Waals surface area contributed by atoms with Crippen LogP contribution in [0.15, 0.2) is 30.5 Å². The fraction of sp³-hybridized carbons (Fsp3) is 0.481. The van der Waals surface area contributed by atoms with Crippen molar-refractivity contribution in [2.45, 2.75) is 50.9 Å². The first-order valence-corrected chi connectivity index (χ1v) is 13.1. The van der Waals surface area contributed by atoms with Gasteiger partial charge in [-0.3, -0.25) is 4.79 Å². The number of carbonyl (C=O) groups excluding carboxylic acids is 1. The molecule has 16 heteroatoms. The molecule has 0 bridgehead atoms. The maximum atomic E-state index is 12.7. The number of anilines is 2. The molecule has 1 amide bonds. The molecular weight excluding hydrogens is 588 g/mol. The van der Waals surface area contributed by atoms with E-state index in [1.54, 1.807) is 12.3 Å². The molecule has 0 spiro atoms. The number of carbonyl (C=O) groups is 3. The highest BCUT2D eigenvalue weighted by molar-refractivity contribution is 6.05. The molecule has 0 radical (unpaired) electrons. The third kappa shape index (κ3) is 11.2. The lowest BCUT2D eigenvalue weighted by Gasteiger charge is -2.34. The number of aromatic amines is 1. The van der Waals surface area contributed by atoms with E-state index in [4.69, 9.17) is 25.1 Å². The average Bonchev–Trinajstić information content (AvgIpc) is 3.44. The van der Waals surface area contributed by atoms with E-state index in [1.807, 2.05) is 0 Å². The first-order valence-electron chi connectivity index (χ1n) is 13.1. The van der Waals surface area contributed by atoms with Crippen LogP contribution in [0, 0.1) is 17.2 Å². The van der Waals surface area contributed by atoms with E-state index >= 15 is 0 Å². The summed E-state index contributed by atoms with van der Waals surface area (Å²) in [5, 5.41) is 29.8. The molecule has 0 saturated carbocycles. The van der Waals surface area contributed by atoms with Crippen LogP contribution in [0.5, 0.6) is 0 Å². The smallest absolute Gasteiger partial charge is 0.475 e. The van der Waals surface area contributed by atoms with E-state index < -0.39 is 24.3 Å². The SMILES string of the molecule is CC1CCN(c2cc(C3CCNCC3)ccc2NC(=O)c2cc(C#N)c[nH]2)CC1.O=C(O)C(F)(F)F.O=C(O)C(F)(F)F. The van der Waals surface area contributed by atoms with Crippen LogP contribution in [0.1, 0.15) is 60.1 Å². The molecule has 5 N–H and O–H groups in total. The molecule has 4 rings (SSSR count). The number of carboxylic acids is 2. The summed E-state index contributed by atoms with van der Waals surface area (Å²) in [6.07, 6.45) is -3.95. The van der Waals surface area contributed by atoms with Crippen LogP contribution in [0.4, 0.5) is 37.7 Å². The molecule has 2 saturated heterocycles. The first-order chi connectivity index (χ1) is 20.0. The van der Waals surface area contributed by atoms with Crippen molar-refractivity contribution in [3.63, 3.8) is 0 Å². The van der Waals surface area contributed by atoms with Crippen LogP contribution in [0.2, 0.25) is 0 Å². The topological polar surface area (TPSA) is 159 Å². The minimum absolute atomic E-state index is 0.215. The number of nitrogens with zero attached hydrogens (tertiary/aromatic N) is 2. The van der Waals surface area contributed by atoms with Crippen molar-refractivity contribution in [2.24, 2.45) is 5.92 Å². The summed E-state index contributed by atoms with van der Waals surface area (Å²) >= 11 is 0. The number of alkyl halides is 6. The van der Waals surface area contributed by atoms with Crippen molar-refractivity contribution in [1.82, 2.24) is 10.3 Å². The maximum absolute atomic E-state index is 12.7. The Hall–Kier alpha value is -4.26. The Kier molecular flexibility index (Phi) is 12.4. The van der Waals surface area contributed by atoms with E-state index in [0.29, 0.717) is 17.2 Å². The van der Waals surface area contributed by atoms with E-state index in [0.717, 1.165) is 56.3 Å². The van der Waals surface area contributed by atoms with Gasteiger partial charge in [-0.1, -0.05) is 13.0 Å². The Morgan fingerprint density at radius 3 is 1.95 bits per heavy atom. The van der Waals surface area contributed by atoms with Gasteiger partial charge in [0.05, 0.1) is 16.9 Å². The quantitative estimate of drug-likeness (QED) is 0.296. The van der Waals surface area contributed by atoms with Crippen LogP contribution in [0.3, 0.4) is 0 Å². The highest BCUT2D eigenvalue weighted by Crippen LogP contribution is 2.35. The number of aromatic nitrogens is 1. The molecule has 1 aromatic carbocycles. The fourth-order valence-electron chi connectivity index (χ4n) is 4.35. The molecule has 43 heavy (non-hydrogen) atoms. The van der Waals surface area contributed by atoms with Gasteiger partial charge in [0.15, 0.2) is 0 Å². The van der Waals surface area contributed by atoms with Gasteiger partial charge in [0, 0.05) is 19.3 Å². The van der Waals surface area contributed by atoms with E-state index in [-0.39, 0.29) is 5.91 Å². The average molecular weight is 620 g/mol. The summed E-state index contributed by atoms with van der Waals surface area (Å²) in [5.41, 5.74) is 4.19. The molecule has 10 nitrogen and oxygen atoms in total. The molecular formula is C27H31F6N5O5. The van der Waals surface area contributed by atoms with Crippen molar-refractivity contribution >= 4 is 29.2 Å². The van der Waals surface area contributed by atoms with Gasteiger partial charge in [-0.2, -0.15) is 31.6 Å². The Bertz CT molecular complexity index is 1270. The predicted molar refractivity (Wildman–Crippen MR) is 143 cm³/mol. The summed E-state index contributed by atoms with van der Waals surface area (Å²) in [4.78, 5) is 35.8. The van der Waals surface area contributed by atoms with Gasteiger partial charge in [0.2, 0.25) is 0 Å². The number of hydrogen-bond donors (Lipinski definition) is 5. The molecule has 2 aliphatic heterocycles. The van der Waals surface area contributed by atoms with Gasteiger partial charge in [-0.25, -0.2) is 9.59 Å². The molecule has 3 heterocycles. The molecule has 0 unspecified atom stereocenters. The number of halogens is 6. The number of amides is 1. The Morgan fingerprint density at radius 2 is 1.49 bits per heavy atom. The van der Waals surface area contributed by atoms with Crippen molar-refractivity contribution in [3.8, 4) is 6.07 Å². The van der Waals surface area contributed by atoms with Crippen molar-refractivity contribution in [2.75, 3.05) is 36.4 Å². The standard InChI is InChI=1S/C23H29N5O.2C2HF3O2/c1-16-6-10-28(11-7-16)22-13-19(18-4-8-25-9-5-18)2-3-20(22)27-23(29)21-12-17(14-24)15-26-21;2*3-2(4,5)1(6)7/h2-3,12-13,15-16,18,25-26H,4-11H2,1H3,(H,27,29);2*(H,6,7). The summed E-state index contributed by atoms with van der Waals surface area (Å²) in [6.45, 7) is 6.46. The molecule has 1 aromatic heterocycles. The monoisotopic (exact) mass is 619 g/mol. The first kappa shape index (κ1) is 34.9. The van der Waals surface area contributed by atoms with Crippen molar-refractivity contribution < 1.29 is 50.9 Å². The number of nitrogens with one attached hydrogen (secondary N) is 3.